The van der Waals surface area contributed by atoms with E-state index in [0.29, 0.717) is 0 Å². The molecule has 0 saturated heterocycles. The zero-order chi connectivity index (χ0) is 8.58. The van der Waals surface area contributed by atoms with E-state index >= 15 is 0 Å². The first-order valence-corrected chi connectivity index (χ1v) is 2.17. The largest absolute Gasteiger partial charge is 0.364 e. The Hall–Kier alpha value is -0.280. The van der Waals surface area contributed by atoms with Crippen molar-refractivity contribution in [2.24, 2.45) is 0 Å². The molecular weight excluding hydrogens is 148 g/mol. The third kappa shape index (κ3) is 1.61. The molecule has 62 valence electrons. The van der Waals surface area contributed by atoms with Gasteiger partial charge in [-0.15, -0.1) is 0 Å². The smallest absolute Gasteiger partial charge is 0.338 e. The van der Waals surface area contributed by atoms with Crippen molar-refractivity contribution in [3.05, 3.63) is 0 Å². The summed E-state index contributed by atoms with van der Waals surface area (Å²) < 4.78 is 0. The third-order valence-electron chi connectivity index (χ3n) is 0.854. The van der Waals surface area contributed by atoms with Gasteiger partial charge in [-0.1, -0.05) is 0 Å². The molecule has 7 nitrogen and oxygen atoms in total. The van der Waals surface area contributed by atoms with Gasteiger partial charge < -0.3 is 35.7 Å². The van der Waals surface area contributed by atoms with Crippen molar-refractivity contribution in [2.75, 3.05) is 0 Å². The van der Waals surface area contributed by atoms with Crippen LogP contribution in [-0.4, -0.2) is 53.8 Å². The second-order valence-electron chi connectivity index (χ2n) is 1.74. The first-order chi connectivity index (χ1) is 4.19. The van der Waals surface area contributed by atoms with Gasteiger partial charge in [0.25, 0.3) is 5.79 Å². The van der Waals surface area contributed by atoms with Crippen LogP contribution in [-0.2, 0) is 0 Å². The highest BCUT2D eigenvalue weighted by atomic mass is 16.7. The van der Waals surface area contributed by atoms with Crippen LogP contribution < -0.4 is 0 Å². The summed E-state index contributed by atoms with van der Waals surface area (Å²) in [7, 11) is 0. The minimum absolute atomic E-state index is 2.88. The molecule has 0 aromatic carbocycles. The van der Waals surface area contributed by atoms with E-state index in [1.54, 1.807) is 0 Å². The highest BCUT2D eigenvalue weighted by Crippen LogP contribution is 2.16. The van der Waals surface area contributed by atoms with E-state index in [1.165, 1.54) is 0 Å². The molecule has 0 atom stereocenters. The Bertz CT molecular complexity index is 111. The molecule has 7 heteroatoms. The van der Waals surface area contributed by atoms with E-state index in [2.05, 4.69) is 0 Å². The van der Waals surface area contributed by atoms with E-state index in [-0.39, 0.29) is 0 Å². The summed E-state index contributed by atoms with van der Waals surface area (Å²) in [6.07, 6.45) is -2.88. The highest BCUT2D eigenvalue weighted by Gasteiger charge is 2.52. The van der Waals surface area contributed by atoms with Gasteiger partial charge >= 0.3 is 5.97 Å². The summed E-state index contributed by atoms with van der Waals surface area (Å²) in [4.78, 5) is 0. The Labute approximate surface area is 55.0 Å². The molecule has 0 amide bonds. The molecule has 0 bridgehead atoms. The van der Waals surface area contributed by atoms with Crippen LogP contribution in [0.1, 0.15) is 0 Å². The molecule has 10 heavy (non-hydrogen) atoms. The van der Waals surface area contributed by atoms with E-state index in [0.717, 1.165) is 0 Å². The van der Waals surface area contributed by atoms with E-state index in [1.807, 2.05) is 0 Å². The predicted octanol–water partition coefficient (Wildman–Crippen LogP) is -4.39. The topological polar surface area (TPSA) is 142 Å². The summed E-state index contributed by atoms with van der Waals surface area (Å²) in [5, 5.41) is 56.5. The first kappa shape index (κ1) is 9.72. The monoisotopic (exact) mass is 156 g/mol. The molecule has 0 aromatic rings. The van der Waals surface area contributed by atoms with Gasteiger partial charge in [-0.05, 0) is 0 Å². The quantitative estimate of drug-likeness (QED) is 0.200. The lowest BCUT2D eigenvalue weighted by molar-refractivity contribution is -0.482. The molecule has 0 aliphatic rings. The van der Waals surface area contributed by atoms with Crippen molar-refractivity contribution in [2.45, 2.75) is 18.1 Å². The van der Waals surface area contributed by atoms with Crippen molar-refractivity contribution in [1.82, 2.24) is 0 Å². The van der Waals surface area contributed by atoms with Gasteiger partial charge in [0.2, 0.25) is 6.29 Å². The van der Waals surface area contributed by atoms with Crippen LogP contribution in [0.3, 0.4) is 0 Å². The standard InChI is InChI=1S/C3H8O7/c4-1(5)2(6,7)3(8,9)10/h1,4-10H. The molecule has 7 N–H and O–H groups in total. The van der Waals surface area contributed by atoms with Crippen LogP contribution in [0.2, 0.25) is 0 Å². The normalized spacial score (nSPS) is 14.4. The molecule has 0 unspecified atom stereocenters. The van der Waals surface area contributed by atoms with Gasteiger partial charge in [0.15, 0.2) is 0 Å². The van der Waals surface area contributed by atoms with Gasteiger partial charge in [-0.2, -0.15) is 0 Å². The van der Waals surface area contributed by atoms with Gasteiger partial charge in [0.1, 0.15) is 0 Å². The minimum Gasteiger partial charge on any atom is -0.364 e. The van der Waals surface area contributed by atoms with E-state index in [4.69, 9.17) is 35.7 Å². The molecule has 0 saturated carbocycles. The minimum atomic E-state index is -3.97. The second-order valence-corrected chi connectivity index (χ2v) is 1.74. The van der Waals surface area contributed by atoms with E-state index in [9.17, 15) is 0 Å². The molecule has 0 aliphatic heterocycles. The summed E-state index contributed by atoms with van der Waals surface area (Å²) >= 11 is 0. The van der Waals surface area contributed by atoms with Crippen molar-refractivity contribution < 1.29 is 35.7 Å². The lowest BCUT2D eigenvalue weighted by atomic mass is 10.2. The van der Waals surface area contributed by atoms with Crippen molar-refractivity contribution in [3.63, 3.8) is 0 Å². The Morgan fingerprint density at radius 1 is 0.800 bits per heavy atom. The van der Waals surface area contributed by atoms with Gasteiger partial charge in [0.05, 0.1) is 0 Å². The zero-order valence-corrected chi connectivity index (χ0v) is 4.71. The molecule has 0 spiro atoms. The zero-order valence-electron chi connectivity index (χ0n) is 4.71. The lowest BCUT2D eigenvalue weighted by Gasteiger charge is -2.30. The molecule has 0 radical (unpaired) electrons. The third-order valence-corrected chi connectivity index (χ3v) is 0.854. The maximum Gasteiger partial charge on any atom is 0.338 e. The van der Waals surface area contributed by atoms with Crippen LogP contribution in [0.15, 0.2) is 0 Å². The summed E-state index contributed by atoms with van der Waals surface area (Å²) in [5.74, 6) is -7.76. The number of hydrogen-bond donors (Lipinski definition) is 7. The van der Waals surface area contributed by atoms with Gasteiger partial charge in [-0.3, -0.25) is 0 Å². The fourth-order valence-electron chi connectivity index (χ4n) is 0.173. The highest BCUT2D eigenvalue weighted by molar-refractivity contribution is 4.73. The molecule has 0 rings (SSSR count). The average Bonchev–Trinajstić information content (AvgIpc) is 1.62. The maximum atomic E-state index is 8.23. The Morgan fingerprint density at radius 2 is 1.10 bits per heavy atom. The fraction of sp³-hybridized carbons (Fsp3) is 1.00. The Kier molecular flexibility index (Phi) is 2.33. The molecule has 0 fully saturated rings. The number of rotatable bonds is 2. The van der Waals surface area contributed by atoms with Crippen molar-refractivity contribution in [1.29, 1.82) is 0 Å². The van der Waals surface area contributed by atoms with Crippen LogP contribution in [0.4, 0.5) is 0 Å². The van der Waals surface area contributed by atoms with Crippen molar-refractivity contribution >= 4 is 0 Å². The molecule has 0 aliphatic carbocycles. The number of hydrogen-bond acceptors (Lipinski definition) is 7. The first-order valence-electron chi connectivity index (χ1n) is 2.17. The molecule has 0 heterocycles. The van der Waals surface area contributed by atoms with Gasteiger partial charge in [0, 0.05) is 0 Å². The van der Waals surface area contributed by atoms with Crippen LogP contribution in [0.25, 0.3) is 0 Å². The summed E-state index contributed by atoms with van der Waals surface area (Å²) in [6.45, 7) is 0. The van der Waals surface area contributed by atoms with Crippen molar-refractivity contribution in [3.8, 4) is 0 Å². The summed E-state index contributed by atoms with van der Waals surface area (Å²) in [5.41, 5.74) is 0. The average molecular weight is 156 g/mol. The number of aliphatic hydroxyl groups is 7. The lowest BCUT2D eigenvalue weighted by Crippen LogP contribution is -2.61. The second kappa shape index (κ2) is 2.40. The fourth-order valence-corrected chi connectivity index (χ4v) is 0.173. The van der Waals surface area contributed by atoms with Gasteiger partial charge in [-0.25, -0.2) is 0 Å². The summed E-state index contributed by atoms with van der Waals surface area (Å²) in [6, 6.07) is 0. The van der Waals surface area contributed by atoms with E-state index < -0.39 is 18.1 Å². The SMILES string of the molecule is OC(O)C(O)(O)C(O)(O)O. The van der Waals surface area contributed by atoms with Crippen LogP contribution in [0.5, 0.6) is 0 Å². The van der Waals surface area contributed by atoms with Crippen LogP contribution >= 0.6 is 0 Å². The van der Waals surface area contributed by atoms with Crippen LogP contribution in [0, 0.1) is 0 Å². The Morgan fingerprint density at radius 3 is 1.10 bits per heavy atom. The molecule has 0 aromatic heterocycles. The number of aliphatic hydroxyl groups excluding tert-OH is 1. The predicted molar refractivity (Wildman–Crippen MR) is 24.8 cm³/mol. The Balaban J connectivity index is 4.40. The maximum absolute atomic E-state index is 8.23. The molecular formula is C3H8O7.